The Labute approximate surface area is 173 Å². The lowest BCUT2D eigenvalue weighted by molar-refractivity contribution is -0.115. The van der Waals surface area contributed by atoms with Crippen LogP contribution < -0.4 is 10.9 Å². The molecule has 3 aromatic rings. The number of para-hydroxylation sites is 2. The number of carbonyl (C=O) groups is 2. The summed E-state index contributed by atoms with van der Waals surface area (Å²) in [6, 6.07) is 14.0. The fourth-order valence-corrected chi connectivity index (χ4v) is 4.05. The van der Waals surface area contributed by atoms with Gasteiger partial charge in [0.05, 0.1) is 21.8 Å². The van der Waals surface area contributed by atoms with Crippen LogP contribution in [-0.2, 0) is 4.79 Å². The minimum atomic E-state index is -0.520. The van der Waals surface area contributed by atoms with Crippen LogP contribution in [-0.4, -0.2) is 26.5 Å². The zero-order chi connectivity index (χ0) is 21.1. The number of nitrogens with one attached hydrogen (secondary N) is 1. The number of fused-ring (bicyclic) bond motifs is 1. The van der Waals surface area contributed by atoms with Crippen molar-refractivity contribution in [2.75, 3.05) is 5.32 Å². The van der Waals surface area contributed by atoms with Crippen molar-refractivity contribution in [3.05, 3.63) is 64.4 Å². The molecule has 0 unspecified atom stereocenters. The average molecular weight is 410 g/mol. The summed E-state index contributed by atoms with van der Waals surface area (Å²) in [5.74, 6) is -0.382. The number of aromatic nitrogens is 2. The molecule has 150 valence electrons. The van der Waals surface area contributed by atoms with Gasteiger partial charge in [-0.15, -0.1) is 0 Å². The van der Waals surface area contributed by atoms with Crippen molar-refractivity contribution in [1.29, 1.82) is 0 Å². The van der Waals surface area contributed by atoms with Crippen LogP contribution >= 0.6 is 11.8 Å². The highest BCUT2D eigenvalue weighted by Crippen LogP contribution is 2.26. The molecule has 0 aliphatic rings. The van der Waals surface area contributed by atoms with E-state index in [0.717, 1.165) is 0 Å². The van der Waals surface area contributed by atoms with Gasteiger partial charge in [-0.25, -0.2) is 4.98 Å². The van der Waals surface area contributed by atoms with E-state index in [1.54, 1.807) is 47.9 Å². The summed E-state index contributed by atoms with van der Waals surface area (Å²) in [7, 11) is 0. The summed E-state index contributed by atoms with van der Waals surface area (Å²) in [5.41, 5.74) is 1.42. The summed E-state index contributed by atoms with van der Waals surface area (Å²) < 4.78 is 1.61. The average Bonchev–Trinajstić information content (AvgIpc) is 2.68. The highest BCUT2D eigenvalue weighted by Gasteiger charge is 2.21. The Hall–Kier alpha value is -2.93. The monoisotopic (exact) mass is 409 g/mol. The van der Waals surface area contributed by atoms with Crippen molar-refractivity contribution >= 4 is 40.0 Å². The van der Waals surface area contributed by atoms with Crippen molar-refractivity contribution in [2.24, 2.45) is 0 Å². The molecule has 7 heteroatoms. The summed E-state index contributed by atoms with van der Waals surface area (Å²) in [6.07, 6.45) is 0. The standard InChI is InChI=1S/C22H23N3O3S/c1-13(2)25-21(28)17-10-6-8-12-19(17)24-22(25)29-15(4)20(27)23-18-11-7-5-9-16(18)14(3)26/h5-13,15H,1-4H3,(H,23,27)/t15-/m0/s1. The molecule has 0 spiro atoms. The molecule has 3 rings (SSSR count). The van der Waals surface area contributed by atoms with Crippen molar-refractivity contribution in [3.63, 3.8) is 0 Å². The predicted molar refractivity (Wildman–Crippen MR) is 117 cm³/mol. The van der Waals surface area contributed by atoms with E-state index < -0.39 is 5.25 Å². The summed E-state index contributed by atoms with van der Waals surface area (Å²) in [4.78, 5) is 42.1. The lowest BCUT2D eigenvalue weighted by Gasteiger charge is -2.19. The Balaban J connectivity index is 1.91. The maximum atomic E-state index is 12.9. The topological polar surface area (TPSA) is 81.1 Å². The third-order valence-corrected chi connectivity index (χ3v) is 5.57. The molecule has 6 nitrogen and oxygen atoms in total. The Morgan fingerprint density at radius 3 is 2.38 bits per heavy atom. The Morgan fingerprint density at radius 2 is 1.69 bits per heavy atom. The first-order valence-electron chi connectivity index (χ1n) is 9.38. The smallest absolute Gasteiger partial charge is 0.262 e. The third kappa shape index (κ3) is 4.40. The maximum Gasteiger partial charge on any atom is 0.262 e. The van der Waals surface area contributed by atoms with Crippen molar-refractivity contribution < 1.29 is 9.59 Å². The SMILES string of the molecule is CC(=O)c1ccccc1NC(=O)[C@H](C)Sc1nc2ccccc2c(=O)n1C(C)C. The van der Waals surface area contributed by atoms with Crippen LogP contribution in [0.4, 0.5) is 5.69 Å². The van der Waals surface area contributed by atoms with Gasteiger partial charge in [0.25, 0.3) is 5.56 Å². The quantitative estimate of drug-likeness (QED) is 0.373. The molecule has 0 radical (unpaired) electrons. The molecule has 1 N–H and O–H groups in total. The van der Waals surface area contributed by atoms with Gasteiger partial charge < -0.3 is 5.32 Å². The number of rotatable bonds is 6. The van der Waals surface area contributed by atoms with E-state index in [1.165, 1.54) is 18.7 Å². The number of hydrogen-bond donors (Lipinski definition) is 1. The Kier molecular flexibility index (Phi) is 6.17. The van der Waals surface area contributed by atoms with Gasteiger partial charge in [0.1, 0.15) is 0 Å². The zero-order valence-electron chi connectivity index (χ0n) is 16.8. The number of nitrogens with zero attached hydrogens (tertiary/aromatic N) is 2. The van der Waals surface area contributed by atoms with E-state index in [-0.39, 0.29) is 23.3 Å². The number of amides is 1. The van der Waals surface area contributed by atoms with E-state index in [1.807, 2.05) is 26.0 Å². The lowest BCUT2D eigenvalue weighted by atomic mass is 10.1. The molecule has 1 aromatic heterocycles. The second-order valence-electron chi connectivity index (χ2n) is 7.03. The first kappa shape index (κ1) is 20.8. The molecular weight excluding hydrogens is 386 g/mol. The minimum Gasteiger partial charge on any atom is -0.324 e. The molecule has 1 heterocycles. The van der Waals surface area contributed by atoms with Crippen LogP contribution in [0.15, 0.2) is 58.5 Å². The van der Waals surface area contributed by atoms with Crippen LogP contribution in [0.2, 0.25) is 0 Å². The molecule has 0 fully saturated rings. The Morgan fingerprint density at radius 1 is 1.03 bits per heavy atom. The normalized spacial score (nSPS) is 12.2. The highest BCUT2D eigenvalue weighted by atomic mass is 32.2. The van der Waals surface area contributed by atoms with Crippen LogP contribution in [0, 0.1) is 0 Å². The van der Waals surface area contributed by atoms with Crippen molar-refractivity contribution in [1.82, 2.24) is 9.55 Å². The highest BCUT2D eigenvalue weighted by molar-refractivity contribution is 8.00. The predicted octanol–water partition coefficient (Wildman–Crippen LogP) is 4.30. The van der Waals surface area contributed by atoms with E-state index >= 15 is 0 Å². The maximum absolute atomic E-state index is 12.9. The largest absolute Gasteiger partial charge is 0.324 e. The first-order chi connectivity index (χ1) is 13.8. The molecule has 0 saturated heterocycles. The molecule has 0 bridgehead atoms. The van der Waals surface area contributed by atoms with Gasteiger partial charge in [-0.05, 0) is 52.0 Å². The van der Waals surface area contributed by atoms with Gasteiger partial charge in [-0.3, -0.25) is 19.0 Å². The summed E-state index contributed by atoms with van der Waals surface area (Å²) >= 11 is 1.22. The van der Waals surface area contributed by atoms with Gasteiger partial charge in [0.15, 0.2) is 10.9 Å². The van der Waals surface area contributed by atoms with Gasteiger partial charge in [-0.2, -0.15) is 0 Å². The lowest BCUT2D eigenvalue weighted by Crippen LogP contribution is -2.28. The fraction of sp³-hybridized carbons (Fsp3) is 0.273. The summed E-state index contributed by atoms with van der Waals surface area (Å²) in [5, 5.41) is 3.34. The van der Waals surface area contributed by atoms with Crippen molar-refractivity contribution in [2.45, 2.75) is 44.1 Å². The van der Waals surface area contributed by atoms with Crippen LogP contribution in [0.25, 0.3) is 10.9 Å². The van der Waals surface area contributed by atoms with Gasteiger partial charge >= 0.3 is 0 Å². The summed E-state index contributed by atoms with van der Waals surface area (Å²) in [6.45, 7) is 7.04. The number of benzene rings is 2. The molecule has 0 aliphatic carbocycles. The van der Waals surface area contributed by atoms with Crippen LogP contribution in [0.3, 0.4) is 0 Å². The third-order valence-electron chi connectivity index (χ3n) is 4.51. The van der Waals surface area contributed by atoms with E-state index in [9.17, 15) is 14.4 Å². The van der Waals surface area contributed by atoms with E-state index in [0.29, 0.717) is 27.3 Å². The molecular formula is C22H23N3O3S. The molecule has 1 amide bonds. The van der Waals surface area contributed by atoms with Gasteiger partial charge in [-0.1, -0.05) is 36.0 Å². The molecule has 2 aromatic carbocycles. The van der Waals surface area contributed by atoms with Gasteiger partial charge in [0, 0.05) is 11.6 Å². The Bertz CT molecular complexity index is 1140. The molecule has 0 aliphatic heterocycles. The van der Waals surface area contributed by atoms with Crippen LogP contribution in [0.1, 0.15) is 44.1 Å². The number of carbonyl (C=O) groups excluding carboxylic acids is 2. The second-order valence-corrected chi connectivity index (χ2v) is 8.34. The number of ketones is 1. The molecule has 29 heavy (non-hydrogen) atoms. The second kappa shape index (κ2) is 8.61. The number of thioether (sulfide) groups is 1. The van der Waals surface area contributed by atoms with E-state index in [4.69, 9.17) is 0 Å². The van der Waals surface area contributed by atoms with Crippen molar-refractivity contribution in [3.8, 4) is 0 Å². The fourth-order valence-electron chi connectivity index (χ4n) is 3.01. The number of hydrogen-bond acceptors (Lipinski definition) is 5. The minimum absolute atomic E-state index is 0.101. The zero-order valence-corrected chi connectivity index (χ0v) is 17.6. The number of anilines is 1. The molecule has 0 saturated carbocycles. The number of Topliss-reactive ketones (excluding diaryl/α,β-unsaturated/α-hetero) is 1. The molecule has 1 atom stereocenters. The van der Waals surface area contributed by atoms with Crippen LogP contribution in [0.5, 0.6) is 0 Å². The van der Waals surface area contributed by atoms with Gasteiger partial charge in [0.2, 0.25) is 5.91 Å². The first-order valence-corrected chi connectivity index (χ1v) is 10.3. The van der Waals surface area contributed by atoms with E-state index in [2.05, 4.69) is 10.3 Å².